The number of hydrogen-bond acceptors (Lipinski definition) is 2. The summed E-state index contributed by atoms with van der Waals surface area (Å²) >= 11 is 11.9. The van der Waals surface area contributed by atoms with Crippen LogP contribution in [0.2, 0.25) is 10.0 Å². The second-order valence-corrected chi connectivity index (χ2v) is 7.18. The van der Waals surface area contributed by atoms with Crippen LogP contribution in [-0.4, -0.2) is 18.4 Å². The first kappa shape index (κ1) is 17.8. The number of nitrogens with one attached hydrogen (secondary N) is 1. The number of rotatable bonds is 3. The van der Waals surface area contributed by atoms with Crippen LogP contribution in [0.15, 0.2) is 36.4 Å². The van der Waals surface area contributed by atoms with Crippen molar-refractivity contribution in [2.75, 3.05) is 16.8 Å². The van der Waals surface area contributed by atoms with Crippen molar-refractivity contribution in [2.24, 2.45) is 5.92 Å². The van der Waals surface area contributed by atoms with Crippen molar-refractivity contribution in [2.45, 2.75) is 20.3 Å². The Labute approximate surface area is 156 Å². The van der Waals surface area contributed by atoms with Crippen LogP contribution in [0.1, 0.15) is 17.5 Å². The summed E-state index contributed by atoms with van der Waals surface area (Å²) in [6, 6.07) is 10.9. The molecular weight excluding hydrogens is 359 g/mol. The summed E-state index contributed by atoms with van der Waals surface area (Å²) in [4.78, 5) is 26.4. The summed E-state index contributed by atoms with van der Waals surface area (Å²) in [6.07, 6.45) is 0.177. The highest BCUT2D eigenvalue weighted by Gasteiger charge is 2.35. The van der Waals surface area contributed by atoms with Crippen LogP contribution in [0.4, 0.5) is 11.4 Å². The average Bonchev–Trinajstić information content (AvgIpc) is 2.91. The van der Waals surface area contributed by atoms with Gasteiger partial charge in [0, 0.05) is 24.3 Å². The zero-order valence-corrected chi connectivity index (χ0v) is 15.5. The molecule has 1 unspecified atom stereocenters. The molecule has 25 heavy (non-hydrogen) atoms. The summed E-state index contributed by atoms with van der Waals surface area (Å²) in [5, 5.41) is 3.73. The molecule has 3 rings (SSSR count). The van der Waals surface area contributed by atoms with E-state index in [1.54, 1.807) is 23.1 Å². The van der Waals surface area contributed by atoms with E-state index in [9.17, 15) is 9.59 Å². The maximum absolute atomic E-state index is 12.5. The molecule has 1 heterocycles. The van der Waals surface area contributed by atoms with Gasteiger partial charge in [0.15, 0.2) is 0 Å². The van der Waals surface area contributed by atoms with E-state index >= 15 is 0 Å². The van der Waals surface area contributed by atoms with Gasteiger partial charge in [-0.25, -0.2) is 0 Å². The maximum Gasteiger partial charge on any atom is 0.229 e. The highest BCUT2D eigenvalue weighted by Crippen LogP contribution is 2.31. The minimum absolute atomic E-state index is 0.0982. The zero-order valence-electron chi connectivity index (χ0n) is 14.0. The largest absolute Gasteiger partial charge is 0.326 e. The molecule has 1 N–H and O–H groups in total. The Morgan fingerprint density at radius 1 is 1.08 bits per heavy atom. The Balaban J connectivity index is 1.73. The summed E-state index contributed by atoms with van der Waals surface area (Å²) in [7, 11) is 0. The van der Waals surface area contributed by atoms with E-state index < -0.39 is 5.92 Å². The van der Waals surface area contributed by atoms with Gasteiger partial charge in [-0.3, -0.25) is 9.59 Å². The number of hydrogen-bond donors (Lipinski definition) is 1. The van der Waals surface area contributed by atoms with Crippen LogP contribution in [-0.2, 0) is 9.59 Å². The molecule has 1 fully saturated rings. The highest BCUT2D eigenvalue weighted by molar-refractivity contribution is 6.42. The third-order valence-corrected chi connectivity index (χ3v) is 4.94. The van der Waals surface area contributed by atoms with Crippen molar-refractivity contribution in [1.82, 2.24) is 0 Å². The van der Waals surface area contributed by atoms with Crippen molar-refractivity contribution in [3.63, 3.8) is 0 Å². The number of carbonyl (C=O) groups is 2. The first-order valence-corrected chi connectivity index (χ1v) is 8.73. The normalized spacial score (nSPS) is 17.0. The van der Waals surface area contributed by atoms with Crippen molar-refractivity contribution in [1.29, 1.82) is 0 Å². The monoisotopic (exact) mass is 376 g/mol. The number of aryl methyl sites for hydroxylation is 2. The van der Waals surface area contributed by atoms with E-state index in [-0.39, 0.29) is 18.2 Å². The number of nitrogens with zero attached hydrogens (tertiary/aromatic N) is 1. The van der Waals surface area contributed by atoms with E-state index in [4.69, 9.17) is 23.2 Å². The average molecular weight is 377 g/mol. The number of anilines is 2. The molecule has 2 aromatic rings. The van der Waals surface area contributed by atoms with Crippen LogP contribution in [0.5, 0.6) is 0 Å². The van der Waals surface area contributed by atoms with Crippen LogP contribution >= 0.6 is 23.2 Å². The fraction of sp³-hybridized carbons (Fsp3) is 0.263. The lowest BCUT2D eigenvalue weighted by atomic mass is 10.1. The van der Waals surface area contributed by atoms with Gasteiger partial charge in [0.25, 0.3) is 0 Å². The van der Waals surface area contributed by atoms with Gasteiger partial charge in [0.2, 0.25) is 11.8 Å². The van der Waals surface area contributed by atoms with E-state index in [0.29, 0.717) is 22.3 Å². The fourth-order valence-corrected chi connectivity index (χ4v) is 3.37. The predicted molar refractivity (Wildman–Crippen MR) is 101 cm³/mol. The van der Waals surface area contributed by atoms with Gasteiger partial charge in [0.1, 0.15) is 0 Å². The van der Waals surface area contributed by atoms with Crippen LogP contribution in [0.3, 0.4) is 0 Å². The quantitative estimate of drug-likeness (QED) is 0.850. The molecule has 0 aromatic heterocycles. The predicted octanol–water partition coefficient (Wildman–Crippen LogP) is 4.60. The number of halogens is 2. The maximum atomic E-state index is 12.5. The number of amides is 2. The van der Waals surface area contributed by atoms with Crippen LogP contribution in [0, 0.1) is 19.8 Å². The Bertz CT molecular complexity index is 831. The molecule has 6 heteroatoms. The molecular formula is C19H18Cl2N2O2. The number of carbonyl (C=O) groups excluding carboxylic acids is 2. The smallest absolute Gasteiger partial charge is 0.229 e. The topological polar surface area (TPSA) is 49.4 Å². The zero-order chi connectivity index (χ0) is 18.1. The van der Waals surface area contributed by atoms with Gasteiger partial charge < -0.3 is 10.2 Å². The molecule has 0 saturated carbocycles. The van der Waals surface area contributed by atoms with Gasteiger partial charge in [-0.05, 0) is 55.3 Å². The molecule has 130 valence electrons. The highest BCUT2D eigenvalue weighted by atomic mass is 35.5. The minimum Gasteiger partial charge on any atom is -0.326 e. The molecule has 1 aliphatic rings. The molecule has 1 atom stereocenters. The Hall–Kier alpha value is -2.04. The van der Waals surface area contributed by atoms with E-state index in [2.05, 4.69) is 5.32 Å². The van der Waals surface area contributed by atoms with Gasteiger partial charge in [0.05, 0.1) is 16.0 Å². The Morgan fingerprint density at radius 3 is 2.40 bits per heavy atom. The lowest BCUT2D eigenvalue weighted by Crippen LogP contribution is -2.28. The third kappa shape index (κ3) is 3.97. The lowest BCUT2D eigenvalue weighted by molar-refractivity contribution is -0.122. The molecule has 2 amide bonds. The van der Waals surface area contributed by atoms with E-state index in [0.717, 1.165) is 16.8 Å². The second kappa shape index (κ2) is 7.06. The Morgan fingerprint density at radius 2 is 1.76 bits per heavy atom. The molecule has 0 radical (unpaired) electrons. The molecule has 0 aliphatic carbocycles. The minimum atomic E-state index is -0.400. The molecule has 1 aliphatic heterocycles. The van der Waals surface area contributed by atoms with Gasteiger partial charge >= 0.3 is 0 Å². The standard InChI is InChI=1S/C19H18Cl2N2O2/c1-11-5-12(2)7-14(6-11)22-19(25)13-8-18(24)23(10-13)15-3-4-16(20)17(21)9-15/h3-7,9,13H,8,10H2,1-2H3,(H,22,25). The first-order chi connectivity index (χ1) is 11.8. The summed E-state index contributed by atoms with van der Waals surface area (Å²) in [5.74, 6) is -0.650. The summed E-state index contributed by atoms with van der Waals surface area (Å²) < 4.78 is 0. The van der Waals surface area contributed by atoms with Crippen molar-refractivity contribution in [3.8, 4) is 0 Å². The van der Waals surface area contributed by atoms with Crippen LogP contribution < -0.4 is 10.2 Å². The first-order valence-electron chi connectivity index (χ1n) is 7.98. The molecule has 1 saturated heterocycles. The molecule has 4 nitrogen and oxygen atoms in total. The Kier molecular flexibility index (Phi) is 5.02. The lowest BCUT2D eigenvalue weighted by Gasteiger charge is -2.17. The van der Waals surface area contributed by atoms with E-state index in [1.165, 1.54) is 0 Å². The van der Waals surface area contributed by atoms with E-state index in [1.807, 2.05) is 32.0 Å². The molecule has 2 aromatic carbocycles. The van der Waals surface area contributed by atoms with Crippen molar-refractivity contribution in [3.05, 3.63) is 57.6 Å². The van der Waals surface area contributed by atoms with Gasteiger partial charge in [-0.15, -0.1) is 0 Å². The summed E-state index contributed by atoms with van der Waals surface area (Å²) in [6.45, 7) is 4.29. The van der Waals surface area contributed by atoms with Crippen molar-refractivity contribution < 1.29 is 9.59 Å². The van der Waals surface area contributed by atoms with Crippen molar-refractivity contribution >= 4 is 46.4 Å². The molecule has 0 bridgehead atoms. The SMILES string of the molecule is Cc1cc(C)cc(NC(=O)C2CC(=O)N(c3ccc(Cl)c(Cl)c3)C2)c1. The number of benzene rings is 2. The fourth-order valence-electron chi connectivity index (χ4n) is 3.08. The van der Waals surface area contributed by atoms with Gasteiger partial charge in [-0.1, -0.05) is 29.3 Å². The third-order valence-electron chi connectivity index (χ3n) is 4.20. The second-order valence-electron chi connectivity index (χ2n) is 6.37. The molecule has 0 spiro atoms. The van der Waals surface area contributed by atoms with Gasteiger partial charge in [-0.2, -0.15) is 0 Å². The summed E-state index contributed by atoms with van der Waals surface area (Å²) in [5.41, 5.74) is 3.56. The van der Waals surface area contributed by atoms with Crippen LogP contribution in [0.25, 0.3) is 0 Å².